The van der Waals surface area contributed by atoms with Crippen molar-refractivity contribution in [1.29, 1.82) is 0 Å². The zero-order valence-corrected chi connectivity index (χ0v) is 9.78. The highest BCUT2D eigenvalue weighted by Gasteiger charge is 2.21. The molecule has 3 N–H and O–H groups in total. The molecule has 1 aromatic rings. The van der Waals surface area contributed by atoms with Gasteiger partial charge in [-0.25, -0.2) is 0 Å². The third-order valence-electron chi connectivity index (χ3n) is 3.33. The summed E-state index contributed by atoms with van der Waals surface area (Å²) in [6.45, 7) is 2.56. The average Bonchev–Trinajstić information content (AvgIpc) is 2.77. The van der Waals surface area contributed by atoms with Crippen LogP contribution < -0.4 is 11.1 Å². The van der Waals surface area contributed by atoms with Crippen molar-refractivity contribution >= 4 is 6.01 Å². The summed E-state index contributed by atoms with van der Waals surface area (Å²) in [6, 6.07) is 0.993. The first kappa shape index (κ1) is 11.4. The Bertz CT molecular complexity index is 326. The van der Waals surface area contributed by atoms with Crippen molar-refractivity contribution in [1.82, 2.24) is 10.2 Å². The van der Waals surface area contributed by atoms with Gasteiger partial charge in [-0.1, -0.05) is 31.3 Å². The van der Waals surface area contributed by atoms with Gasteiger partial charge in [-0.05, 0) is 18.8 Å². The molecule has 1 saturated carbocycles. The van der Waals surface area contributed by atoms with Crippen molar-refractivity contribution in [2.24, 2.45) is 11.7 Å². The summed E-state index contributed by atoms with van der Waals surface area (Å²) in [6.07, 6.45) is 6.30. The van der Waals surface area contributed by atoms with Crippen molar-refractivity contribution in [3.05, 3.63) is 5.89 Å². The Balaban J connectivity index is 1.88. The molecule has 0 spiro atoms. The van der Waals surface area contributed by atoms with E-state index in [1.807, 2.05) is 0 Å². The van der Waals surface area contributed by atoms with E-state index >= 15 is 0 Å². The lowest BCUT2D eigenvalue weighted by molar-refractivity contribution is 0.323. The van der Waals surface area contributed by atoms with Gasteiger partial charge in [0.1, 0.15) is 0 Å². The highest BCUT2D eigenvalue weighted by molar-refractivity contribution is 5.19. The van der Waals surface area contributed by atoms with Crippen LogP contribution in [0.4, 0.5) is 6.01 Å². The first-order valence-corrected chi connectivity index (χ1v) is 6.10. The topological polar surface area (TPSA) is 77.0 Å². The molecule has 0 bridgehead atoms. The lowest BCUT2D eigenvalue weighted by Crippen LogP contribution is -2.27. The minimum absolute atomic E-state index is 0.303. The van der Waals surface area contributed by atoms with E-state index in [-0.39, 0.29) is 0 Å². The fourth-order valence-electron chi connectivity index (χ4n) is 2.36. The van der Waals surface area contributed by atoms with E-state index in [0.29, 0.717) is 24.5 Å². The van der Waals surface area contributed by atoms with Crippen LogP contribution in [0.1, 0.15) is 44.9 Å². The van der Waals surface area contributed by atoms with Crippen molar-refractivity contribution < 1.29 is 4.42 Å². The molecule has 0 aromatic carbocycles. The molecule has 1 fully saturated rings. The third kappa shape index (κ3) is 2.72. The molecule has 2 atom stereocenters. The molecular weight excluding hydrogens is 204 g/mol. The maximum Gasteiger partial charge on any atom is 0.315 e. The molecule has 5 nitrogen and oxygen atoms in total. The molecule has 16 heavy (non-hydrogen) atoms. The van der Waals surface area contributed by atoms with Gasteiger partial charge < -0.3 is 15.5 Å². The van der Waals surface area contributed by atoms with Gasteiger partial charge in [0.25, 0.3) is 0 Å². The minimum Gasteiger partial charge on any atom is -0.407 e. The Kier molecular flexibility index (Phi) is 3.77. The van der Waals surface area contributed by atoms with Crippen molar-refractivity contribution in [2.45, 2.75) is 51.6 Å². The maximum absolute atomic E-state index is 5.42. The van der Waals surface area contributed by atoms with E-state index in [1.54, 1.807) is 0 Å². The van der Waals surface area contributed by atoms with Crippen LogP contribution in [0.25, 0.3) is 0 Å². The first-order valence-electron chi connectivity index (χ1n) is 6.10. The Morgan fingerprint density at radius 3 is 3.00 bits per heavy atom. The summed E-state index contributed by atoms with van der Waals surface area (Å²) in [4.78, 5) is 0. The first-order chi connectivity index (χ1) is 7.81. The number of anilines is 1. The minimum atomic E-state index is 0.303. The molecule has 0 saturated heterocycles. The molecule has 5 heteroatoms. The highest BCUT2D eigenvalue weighted by atomic mass is 16.4. The number of nitrogens with one attached hydrogen (secondary N) is 1. The molecule has 1 aliphatic carbocycles. The van der Waals surface area contributed by atoms with Gasteiger partial charge in [-0.3, -0.25) is 0 Å². The van der Waals surface area contributed by atoms with Crippen LogP contribution in [-0.4, -0.2) is 16.2 Å². The van der Waals surface area contributed by atoms with Gasteiger partial charge >= 0.3 is 6.01 Å². The zero-order valence-electron chi connectivity index (χ0n) is 9.78. The molecule has 1 aromatic heterocycles. The maximum atomic E-state index is 5.42. The van der Waals surface area contributed by atoms with E-state index in [0.717, 1.165) is 5.92 Å². The van der Waals surface area contributed by atoms with Crippen molar-refractivity contribution in [3.8, 4) is 0 Å². The Morgan fingerprint density at radius 1 is 1.44 bits per heavy atom. The smallest absolute Gasteiger partial charge is 0.315 e. The second-order valence-electron chi connectivity index (χ2n) is 4.49. The molecule has 2 unspecified atom stereocenters. The van der Waals surface area contributed by atoms with Crippen molar-refractivity contribution in [2.75, 3.05) is 5.32 Å². The SMILES string of the molecule is CCC1CCCC(Nc2nnc(CN)o2)C1. The zero-order chi connectivity index (χ0) is 11.4. The molecule has 0 radical (unpaired) electrons. The van der Waals surface area contributed by atoms with E-state index in [2.05, 4.69) is 22.4 Å². The summed E-state index contributed by atoms with van der Waals surface area (Å²) in [5, 5.41) is 11.1. The molecule has 2 rings (SSSR count). The summed E-state index contributed by atoms with van der Waals surface area (Å²) >= 11 is 0. The second-order valence-corrected chi connectivity index (χ2v) is 4.49. The number of nitrogens with zero attached hydrogens (tertiary/aromatic N) is 2. The Labute approximate surface area is 95.8 Å². The van der Waals surface area contributed by atoms with Crippen LogP contribution in [0.5, 0.6) is 0 Å². The molecule has 0 amide bonds. The van der Waals surface area contributed by atoms with Crippen LogP contribution in [0, 0.1) is 5.92 Å². The number of aromatic nitrogens is 2. The fraction of sp³-hybridized carbons (Fsp3) is 0.818. The van der Waals surface area contributed by atoms with E-state index < -0.39 is 0 Å². The van der Waals surface area contributed by atoms with Gasteiger partial charge in [-0.2, -0.15) is 0 Å². The predicted octanol–water partition coefficient (Wildman–Crippen LogP) is 1.91. The number of hydrogen-bond acceptors (Lipinski definition) is 5. The van der Waals surface area contributed by atoms with Gasteiger partial charge in [-0.15, -0.1) is 5.10 Å². The van der Waals surface area contributed by atoms with Crippen molar-refractivity contribution in [3.63, 3.8) is 0 Å². The summed E-state index contributed by atoms with van der Waals surface area (Å²) in [5.41, 5.74) is 5.42. The lowest BCUT2D eigenvalue weighted by Gasteiger charge is -2.28. The van der Waals surface area contributed by atoms with Gasteiger partial charge in [0.2, 0.25) is 5.89 Å². The number of hydrogen-bond donors (Lipinski definition) is 2. The second kappa shape index (κ2) is 5.30. The van der Waals surface area contributed by atoms with Crippen LogP contribution >= 0.6 is 0 Å². The van der Waals surface area contributed by atoms with Gasteiger partial charge in [0.05, 0.1) is 6.54 Å². The quantitative estimate of drug-likeness (QED) is 0.817. The number of rotatable bonds is 4. The Hall–Kier alpha value is -1.10. The molecule has 1 aliphatic rings. The van der Waals surface area contributed by atoms with Crippen LogP contribution in [-0.2, 0) is 6.54 Å². The Morgan fingerprint density at radius 2 is 2.31 bits per heavy atom. The van der Waals surface area contributed by atoms with E-state index in [9.17, 15) is 0 Å². The largest absolute Gasteiger partial charge is 0.407 e. The normalized spacial score (nSPS) is 25.6. The monoisotopic (exact) mass is 224 g/mol. The number of nitrogens with two attached hydrogens (primary N) is 1. The molecule has 0 aliphatic heterocycles. The standard InChI is InChI=1S/C11H20N4O/c1-2-8-4-3-5-9(6-8)13-11-15-14-10(7-12)16-11/h8-9H,2-7,12H2,1H3,(H,13,15). The van der Waals surface area contributed by atoms with Gasteiger partial charge in [0.15, 0.2) is 0 Å². The fourth-order valence-corrected chi connectivity index (χ4v) is 2.36. The average molecular weight is 224 g/mol. The summed E-state index contributed by atoms with van der Waals surface area (Å²) in [5.74, 6) is 1.33. The van der Waals surface area contributed by atoms with E-state index in [4.69, 9.17) is 10.2 Å². The molecule has 1 heterocycles. The molecule has 90 valence electrons. The van der Waals surface area contributed by atoms with Crippen LogP contribution in [0.2, 0.25) is 0 Å². The molecular formula is C11H20N4O. The summed E-state index contributed by atoms with van der Waals surface area (Å²) in [7, 11) is 0. The summed E-state index contributed by atoms with van der Waals surface area (Å²) < 4.78 is 5.35. The third-order valence-corrected chi connectivity index (χ3v) is 3.33. The van der Waals surface area contributed by atoms with E-state index in [1.165, 1.54) is 32.1 Å². The van der Waals surface area contributed by atoms with Gasteiger partial charge in [0, 0.05) is 6.04 Å². The predicted molar refractivity (Wildman–Crippen MR) is 61.8 cm³/mol. The highest BCUT2D eigenvalue weighted by Crippen LogP contribution is 2.28. The lowest BCUT2D eigenvalue weighted by atomic mass is 9.84. The van der Waals surface area contributed by atoms with Crippen LogP contribution in [0.15, 0.2) is 4.42 Å². The van der Waals surface area contributed by atoms with Crippen LogP contribution in [0.3, 0.4) is 0 Å².